The number of amides is 1. The number of nitrogens with zero attached hydrogens (tertiary/aromatic N) is 1. The number of anilines is 1. The summed E-state index contributed by atoms with van der Waals surface area (Å²) in [5.41, 5.74) is 3.59. The molecule has 1 aromatic heterocycles. The fourth-order valence-corrected chi connectivity index (χ4v) is 3.80. The number of aromatic nitrogens is 1. The van der Waals surface area contributed by atoms with Crippen LogP contribution in [0, 0.1) is 0 Å². The van der Waals surface area contributed by atoms with Crippen molar-refractivity contribution < 1.29 is 9.53 Å². The predicted octanol–water partition coefficient (Wildman–Crippen LogP) is 6.69. The Hall–Kier alpha value is -3.41. The van der Waals surface area contributed by atoms with Crippen molar-refractivity contribution in [3.05, 3.63) is 106 Å². The van der Waals surface area contributed by atoms with Gasteiger partial charge >= 0.3 is 0 Å². The van der Waals surface area contributed by atoms with E-state index in [0.717, 1.165) is 28.1 Å². The molecule has 3 aromatic carbocycles. The average Bonchev–Trinajstić information content (AvgIpc) is 3.26. The van der Waals surface area contributed by atoms with Crippen LogP contribution < -0.4 is 10.1 Å². The van der Waals surface area contributed by atoms with Crippen LogP contribution in [0.15, 0.2) is 90.3 Å². The van der Waals surface area contributed by atoms with Crippen molar-refractivity contribution in [2.24, 2.45) is 0 Å². The summed E-state index contributed by atoms with van der Waals surface area (Å²) >= 11 is 7.57. The van der Waals surface area contributed by atoms with E-state index in [2.05, 4.69) is 10.3 Å². The highest BCUT2D eigenvalue weighted by Crippen LogP contribution is 2.30. The van der Waals surface area contributed by atoms with Gasteiger partial charge in [-0.05, 0) is 35.4 Å². The van der Waals surface area contributed by atoms with Crippen molar-refractivity contribution in [2.45, 2.75) is 6.61 Å². The Morgan fingerprint density at radius 3 is 2.52 bits per heavy atom. The van der Waals surface area contributed by atoms with E-state index >= 15 is 0 Å². The van der Waals surface area contributed by atoms with Crippen LogP contribution in [0.25, 0.3) is 17.3 Å². The van der Waals surface area contributed by atoms with Crippen LogP contribution in [-0.2, 0) is 11.4 Å². The molecule has 0 bridgehead atoms. The summed E-state index contributed by atoms with van der Waals surface area (Å²) in [6.07, 6.45) is 3.23. The minimum Gasteiger partial charge on any atom is -0.489 e. The first-order chi connectivity index (χ1) is 15.2. The zero-order valence-corrected chi connectivity index (χ0v) is 18.1. The molecule has 1 N–H and O–H groups in total. The normalized spacial score (nSPS) is 10.9. The number of rotatable bonds is 7. The minimum atomic E-state index is -0.246. The number of hydrogen-bond donors (Lipinski definition) is 1. The molecule has 0 unspecified atom stereocenters. The third kappa shape index (κ3) is 5.81. The van der Waals surface area contributed by atoms with Gasteiger partial charge < -0.3 is 4.74 Å². The van der Waals surface area contributed by atoms with Gasteiger partial charge in [-0.15, -0.1) is 11.3 Å². The lowest BCUT2D eigenvalue weighted by Gasteiger charge is -2.06. The lowest BCUT2D eigenvalue weighted by atomic mass is 10.2. The number of carbonyl (C=O) groups excluding carboxylic acids is 1. The summed E-state index contributed by atoms with van der Waals surface area (Å²) in [7, 11) is 0. The fourth-order valence-electron chi connectivity index (χ4n) is 2.86. The zero-order valence-electron chi connectivity index (χ0n) is 16.5. The highest BCUT2D eigenvalue weighted by molar-refractivity contribution is 7.14. The van der Waals surface area contributed by atoms with Crippen LogP contribution in [-0.4, -0.2) is 10.9 Å². The van der Waals surface area contributed by atoms with Gasteiger partial charge in [-0.25, -0.2) is 4.98 Å². The largest absolute Gasteiger partial charge is 0.489 e. The quantitative estimate of drug-likeness (QED) is 0.321. The Bertz CT molecular complexity index is 1190. The maximum Gasteiger partial charge on any atom is 0.250 e. The highest BCUT2D eigenvalue weighted by Gasteiger charge is 2.09. The summed E-state index contributed by atoms with van der Waals surface area (Å²) in [4.78, 5) is 16.7. The molecule has 0 aliphatic heterocycles. The number of ether oxygens (including phenoxy) is 1. The summed E-state index contributed by atoms with van der Waals surface area (Å²) in [6.45, 7) is 0.516. The lowest BCUT2D eigenvalue weighted by Crippen LogP contribution is -2.07. The van der Waals surface area contributed by atoms with Crippen molar-refractivity contribution in [3.8, 4) is 17.0 Å². The maximum absolute atomic E-state index is 12.2. The number of hydrogen-bond acceptors (Lipinski definition) is 4. The highest BCUT2D eigenvalue weighted by atomic mass is 35.5. The van der Waals surface area contributed by atoms with Crippen LogP contribution in [0.5, 0.6) is 5.75 Å². The van der Waals surface area contributed by atoms with Gasteiger partial charge in [0.1, 0.15) is 12.4 Å². The third-order valence-corrected chi connectivity index (χ3v) is 5.53. The molecule has 4 nitrogen and oxygen atoms in total. The second-order valence-electron chi connectivity index (χ2n) is 6.68. The smallest absolute Gasteiger partial charge is 0.250 e. The molecule has 0 aliphatic rings. The minimum absolute atomic E-state index is 0.246. The molecule has 0 radical (unpaired) electrons. The number of carbonyl (C=O) groups is 1. The summed E-state index contributed by atoms with van der Waals surface area (Å²) in [6, 6.07) is 25.1. The van der Waals surface area contributed by atoms with Crippen LogP contribution >= 0.6 is 22.9 Å². The van der Waals surface area contributed by atoms with E-state index in [-0.39, 0.29) is 5.91 Å². The standard InChI is InChI=1S/C25H19ClN2O2S/c26-22-9-5-4-8-21(22)23-17-31-25(27-23)28-24(29)15-12-18-10-13-20(14-11-18)30-16-19-6-2-1-3-7-19/h1-15,17H,16H2,(H,27,28,29). The Balaban J connectivity index is 1.31. The first kappa shape index (κ1) is 20.8. The third-order valence-electron chi connectivity index (χ3n) is 4.44. The SMILES string of the molecule is O=C(C=Cc1ccc(OCc2ccccc2)cc1)Nc1nc(-c2ccccc2Cl)cs1. The van der Waals surface area contributed by atoms with Gasteiger partial charge in [0.15, 0.2) is 5.13 Å². The van der Waals surface area contributed by atoms with Crippen LogP contribution in [0.3, 0.4) is 0 Å². The van der Waals surface area contributed by atoms with E-state index in [9.17, 15) is 4.79 Å². The zero-order chi connectivity index (χ0) is 21.5. The van der Waals surface area contributed by atoms with Crippen molar-refractivity contribution in [1.82, 2.24) is 4.98 Å². The molecule has 4 rings (SSSR count). The predicted molar refractivity (Wildman–Crippen MR) is 127 cm³/mol. The molecule has 31 heavy (non-hydrogen) atoms. The van der Waals surface area contributed by atoms with Gasteiger partial charge in [-0.1, -0.05) is 72.3 Å². The molecular weight excluding hydrogens is 428 g/mol. The molecular formula is C25H19ClN2O2S. The van der Waals surface area contributed by atoms with Gasteiger partial charge in [0.25, 0.3) is 0 Å². The van der Waals surface area contributed by atoms with Crippen molar-refractivity contribution in [2.75, 3.05) is 5.32 Å². The Morgan fingerprint density at radius 2 is 1.74 bits per heavy atom. The molecule has 6 heteroatoms. The molecule has 0 atom stereocenters. The van der Waals surface area contributed by atoms with Crippen LogP contribution in [0.4, 0.5) is 5.13 Å². The number of halogens is 1. The van der Waals surface area contributed by atoms with Gasteiger partial charge in [-0.3, -0.25) is 10.1 Å². The van der Waals surface area contributed by atoms with Crippen molar-refractivity contribution in [1.29, 1.82) is 0 Å². The first-order valence-electron chi connectivity index (χ1n) is 9.64. The van der Waals surface area contributed by atoms with Gasteiger partial charge in [0.05, 0.1) is 5.69 Å². The Kier molecular flexibility index (Phi) is 6.77. The monoisotopic (exact) mass is 446 g/mol. The van der Waals surface area contributed by atoms with Crippen LogP contribution in [0.2, 0.25) is 5.02 Å². The van der Waals surface area contributed by atoms with E-state index in [1.54, 1.807) is 6.08 Å². The molecule has 0 aliphatic carbocycles. The number of nitrogens with one attached hydrogen (secondary N) is 1. The molecule has 0 saturated carbocycles. The molecule has 1 amide bonds. The van der Waals surface area contributed by atoms with Gasteiger partial charge in [-0.2, -0.15) is 0 Å². The topological polar surface area (TPSA) is 51.2 Å². The molecule has 1 heterocycles. The average molecular weight is 447 g/mol. The molecule has 0 spiro atoms. The van der Waals surface area contributed by atoms with E-state index < -0.39 is 0 Å². The maximum atomic E-state index is 12.2. The summed E-state index contributed by atoms with van der Waals surface area (Å²) in [5.74, 6) is 0.532. The second kappa shape index (κ2) is 10.1. The van der Waals surface area contributed by atoms with Gasteiger partial charge in [0, 0.05) is 22.0 Å². The van der Waals surface area contributed by atoms with Crippen LogP contribution in [0.1, 0.15) is 11.1 Å². The Labute approximate surface area is 189 Å². The second-order valence-corrected chi connectivity index (χ2v) is 7.95. The summed E-state index contributed by atoms with van der Waals surface area (Å²) in [5, 5.41) is 5.80. The number of thiazole rings is 1. The van der Waals surface area contributed by atoms with E-state index in [1.165, 1.54) is 17.4 Å². The van der Waals surface area contributed by atoms with Crippen molar-refractivity contribution in [3.63, 3.8) is 0 Å². The molecule has 0 saturated heterocycles. The fraction of sp³-hybridized carbons (Fsp3) is 0.0400. The molecule has 154 valence electrons. The molecule has 0 fully saturated rings. The van der Waals surface area contributed by atoms with Crippen molar-refractivity contribution >= 4 is 40.1 Å². The Morgan fingerprint density at radius 1 is 1.00 bits per heavy atom. The molecule has 4 aromatic rings. The lowest BCUT2D eigenvalue weighted by molar-refractivity contribution is -0.111. The van der Waals surface area contributed by atoms with Gasteiger partial charge in [0.2, 0.25) is 5.91 Å². The van der Waals surface area contributed by atoms with E-state index in [1.807, 2.05) is 84.2 Å². The summed E-state index contributed by atoms with van der Waals surface area (Å²) < 4.78 is 5.78. The number of benzene rings is 3. The first-order valence-corrected chi connectivity index (χ1v) is 10.9. The van der Waals surface area contributed by atoms with E-state index in [4.69, 9.17) is 16.3 Å². The van der Waals surface area contributed by atoms with E-state index in [0.29, 0.717) is 16.8 Å².